The molecule has 96 valence electrons. The van der Waals surface area contributed by atoms with Gasteiger partial charge in [-0.3, -0.25) is 0 Å². The monoisotopic (exact) mass is 237 g/mol. The molecule has 0 aliphatic rings. The summed E-state index contributed by atoms with van der Waals surface area (Å²) in [5.74, 6) is 0.901. The quantitative estimate of drug-likeness (QED) is 0.765. The Morgan fingerprint density at radius 3 is 2.35 bits per heavy atom. The molecule has 0 aromatic heterocycles. The second-order valence-corrected chi connectivity index (χ2v) is 4.18. The third-order valence-electron chi connectivity index (χ3n) is 2.89. The lowest BCUT2D eigenvalue weighted by molar-refractivity contribution is 0.230. The van der Waals surface area contributed by atoms with Crippen molar-refractivity contribution in [3.63, 3.8) is 0 Å². The maximum Gasteiger partial charge on any atom is 0.119 e. The Morgan fingerprint density at radius 2 is 1.88 bits per heavy atom. The first kappa shape index (κ1) is 14.0. The van der Waals surface area contributed by atoms with Crippen molar-refractivity contribution in [3.8, 4) is 5.75 Å². The fourth-order valence-corrected chi connectivity index (χ4v) is 1.77. The minimum Gasteiger partial charge on any atom is -0.494 e. The molecule has 1 rings (SSSR count). The van der Waals surface area contributed by atoms with Crippen LogP contribution in [-0.4, -0.2) is 24.4 Å². The molecule has 0 saturated heterocycles. The van der Waals surface area contributed by atoms with Gasteiger partial charge in [0.2, 0.25) is 0 Å². The van der Waals surface area contributed by atoms with Crippen LogP contribution in [-0.2, 0) is 0 Å². The van der Waals surface area contributed by atoms with Gasteiger partial charge in [-0.25, -0.2) is 0 Å². The minimum absolute atomic E-state index is 0.163. The van der Waals surface area contributed by atoms with Gasteiger partial charge in [0.05, 0.1) is 13.2 Å². The molecule has 17 heavy (non-hydrogen) atoms. The van der Waals surface area contributed by atoms with Gasteiger partial charge in [0.1, 0.15) is 5.75 Å². The summed E-state index contributed by atoms with van der Waals surface area (Å²) in [6.07, 6.45) is 0.928. The van der Waals surface area contributed by atoms with Crippen LogP contribution in [0.5, 0.6) is 5.75 Å². The molecule has 3 heteroatoms. The maximum absolute atomic E-state index is 9.15. The number of hydrogen-bond acceptors (Lipinski definition) is 3. The predicted octanol–water partition coefficient (Wildman–Crippen LogP) is 2.51. The number of nitrogens with one attached hydrogen (secondary N) is 1. The van der Waals surface area contributed by atoms with Crippen LogP contribution < -0.4 is 10.1 Å². The first-order chi connectivity index (χ1) is 8.21. The van der Waals surface area contributed by atoms with Crippen LogP contribution in [0.3, 0.4) is 0 Å². The first-order valence-electron chi connectivity index (χ1n) is 6.30. The van der Waals surface area contributed by atoms with E-state index in [1.165, 1.54) is 5.56 Å². The lowest BCUT2D eigenvalue weighted by atomic mass is 10.1. The van der Waals surface area contributed by atoms with E-state index in [1.54, 1.807) is 0 Å². The van der Waals surface area contributed by atoms with Crippen LogP contribution in [0, 0.1) is 0 Å². The molecule has 0 saturated carbocycles. The molecular weight excluding hydrogens is 214 g/mol. The molecular formula is C14H23NO2. The van der Waals surface area contributed by atoms with Gasteiger partial charge in [0.25, 0.3) is 0 Å². The van der Waals surface area contributed by atoms with Gasteiger partial charge >= 0.3 is 0 Å². The topological polar surface area (TPSA) is 41.5 Å². The second kappa shape index (κ2) is 7.30. The molecule has 0 radical (unpaired) electrons. The minimum atomic E-state index is 0.163. The van der Waals surface area contributed by atoms with E-state index in [0.717, 1.165) is 12.2 Å². The Morgan fingerprint density at radius 1 is 1.24 bits per heavy atom. The molecule has 0 spiro atoms. The van der Waals surface area contributed by atoms with Crippen LogP contribution in [0.15, 0.2) is 24.3 Å². The van der Waals surface area contributed by atoms with Crippen LogP contribution in [0.1, 0.15) is 38.8 Å². The van der Waals surface area contributed by atoms with Crippen molar-refractivity contribution in [2.75, 3.05) is 13.2 Å². The zero-order valence-corrected chi connectivity index (χ0v) is 10.9. The molecule has 0 bridgehead atoms. The van der Waals surface area contributed by atoms with Gasteiger partial charge in [0.15, 0.2) is 0 Å². The average Bonchev–Trinajstić information content (AvgIpc) is 2.37. The number of ether oxygens (including phenoxy) is 1. The van der Waals surface area contributed by atoms with Crippen LogP contribution in [0.25, 0.3) is 0 Å². The lowest BCUT2D eigenvalue weighted by Gasteiger charge is -2.21. The van der Waals surface area contributed by atoms with Crippen molar-refractivity contribution in [1.29, 1.82) is 0 Å². The first-order valence-corrected chi connectivity index (χ1v) is 6.30. The zero-order chi connectivity index (χ0) is 12.7. The highest BCUT2D eigenvalue weighted by molar-refractivity contribution is 5.28. The molecule has 1 aromatic carbocycles. The summed E-state index contributed by atoms with van der Waals surface area (Å²) in [6, 6.07) is 8.49. The van der Waals surface area contributed by atoms with Crippen LogP contribution in [0.4, 0.5) is 0 Å². The molecule has 2 N–H and O–H groups in total. The summed E-state index contributed by atoms with van der Waals surface area (Å²) in [6.45, 7) is 7.02. The third kappa shape index (κ3) is 4.36. The molecule has 3 nitrogen and oxygen atoms in total. The highest BCUT2D eigenvalue weighted by Gasteiger charge is 2.10. The molecule has 0 amide bonds. The highest BCUT2D eigenvalue weighted by atomic mass is 16.5. The van der Waals surface area contributed by atoms with E-state index in [1.807, 2.05) is 19.1 Å². The van der Waals surface area contributed by atoms with Gasteiger partial charge in [-0.05, 0) is 38.0 Å². The molecule has 0 heterocycles. The van der Waals surface area contributed by atoms with Crippen LogP contribution >= 0.6 is 0 Å². The number of aliphatic hydroxyl groups excluding tert-OH is 1. The van der Waals surface area contributed by atoms with E-state index < -0.39 is 0 Å². The van der Waals surface area contributed by atoms with Gasteiger partial charge in [-0.15, -0.1) is 0 Å². The Kier molecular flexibility index (Phi) is 6.01. The molecule has 2 unspecified atom stereocenters. The van der Waals surface area contributed by atoms with Crippen molar-refractivity contribution < 1.29 is 9.84 Å². The zero-order valence-electron chi connectivity index (χ0n) is 10.9. The van der Waals surface area contributed by atoms with Gasteiger partial charge in [-0.1, -0.05) is 19.1 Å². The van der Waals surface area contributed by atoms with E-state index in [2.05, 4.69) is 31.3 Å². The molecule has 0 aliphatic carbocycles. The smallest absolute Gasteiger partial charge is 0.119 e. The summed E-state index contributed by atoms with van der Waals surface area (Å²) < 4.78 is 5.40. The van der Waals surface area contributed by atoms with E-state index in [4.69, 9.17) is 9.84 Å². The predicted molar refractivity (Wildman–Crippen MR) is 70.3 cm³/mol. The van der Waals surface area contributed by atoms with Gasteiger partial charge in [-0.2, -0.15) is 0 Å². The summed E-state index contributed by atoms with van der Waals surface area (Å²) in [4.78, 5) is 0. The summed E-state index contributed by atoms with van der Waals surface area (Å²) in [5.41, 5.74) is 1.21. The van der Waals surface area contributed by atoms with Crippen LogP contribution in [0.2, 0.25) is 0 Å². The van der Waals surface area contributed by atoms with E-state index >= 15 is 0 Å². The number of rotatable bonds is 7. The molecule has 0 fully saturated rings. The fourth-order valence-electron chi connectivity index (χ4n) is 1.77. The third-order valence-corrected chi connectivity index (χ3v) is 2.89. The largest absolute Gasteiger partial charge is 0.494 e. The second-order valence-electron chi connectivity index (χ2n) is 4.18. The normalized spacial score (nSPS) is 14.4. The summed E-state index contributed by atoms with van der Waals surface area (Å²) in [5, 5.41) is 12.5. The van der Waals surface area contributed by atoms with Crippen molar-refractivity contribution in [2.45, 2.75) is 39.3 Å². The lowest BCUT2D eigenvalue weighted by Crippen LogP contribution is -2.33. The SMILES string of the molecule is CCOc1ccc(C(C)NC(CC)CO)cc1. The van der Waals surface area contributed by atoms with E-state index in [0.29, 0.717) is 6.61 Å². The Hall–Kier alpha value is -1.06. The van der Waals surface area contributed by atoms with Crippen molar-refractivity contribution in [1.82, 2.24) is 5.32 Å². The van der Waals surface area contributed by atoms with E-state index in [-0.39, 0.29) is 18.7 Å². The Balaban J connectivity index is 2.59. The molecule has 1 aromatic rings. The highest BCUT2D eigenvalue weighted by Crippen LogP contribution is 2.18. The summed E-state index contributed by atoms with van der Waals surface area (Å²) in [7, 11) is 0. The van der Waals surface area contributed by atoms with Gasteiger partial charge in [0, 0.05) is 12.1 Å². The van der Waals surface area contributed by atoms with Crippen molar-refractivity contribution in [2.24, 2.45) is 0 Å². The Labute approximate surface area is 104 Å². The van der Waals surface area contributed by atoms with Crippen molar-refractivity contribution >= 4 is 0 Å². The Bertz CT molecular complexity index is 307. The van der Waals surface area contributed by atoms with Gasteiger partial charge < -0.3 is 15.2 Å². The number of hydrogen-bond donors (Lipinski definition) is 2. The van der Waals surface area contributed by atoms with Crippen molar-refractivity contribution in [3.05, 3.63) is 29.8 Å². The fraction of sp³-hybridized carbons (Fsp3) is 0.571. The molecule has 2 atom stereocenters. The van der Waals surface area contributed by atoms with E-state index in [9.17, 15) is 0 Å². The number of benzene rings is 1. The standard InChI is InChI=1S/C14H23NO2/c1-4-13(10-16)15-11(3)12-6-8-14(9-7-12)17-5-2/h6-9,11,13,15-16H,4-5,10H2,1-3H3. The summed E-state index contributed by atoms with van der Waals surface area (Å²) >= 11 is 0. The maximum atomic E-state index is 9.15. The molecule has 0 aliphatic heterocycles. The average molecular weight is 237 g/mol. The number of aliphatic hydroxyl groups is 1.